The fourth-order valence-corrected chi connectivity index (χ4v) is 5.32. The average Bonchev–Trinajstić information content (AvgIpc) is 3.22. The maximum atomic E-state index is 12.6. The van der Waals surface area contributed by atoms with E-state index in [0.29, 0.717) is 38.3 Å². The Bertz CT molecular complexity index is 1070. The van der Waals surface area contributed by atoms with Crippen LogP contribution in [0.25, 0.3) is 0 Å². The molecule has 0 atom stereocenters. The van der Waals surface area contributed by atoms with Gasteiger partial charge in [-0.25, -0.2) is 13.1 Å². The number of aryl methyl sites for hydroxylation is 1. The number of amides is 1. The fourth-order valence-electron chi connectivity index (χ4n) is 3.81. The molecule has 1 amide bonds. The summed E-state index contributed by atoms with van der Waals surface area (Å²) in [5, 5.41) is 4.23. The van der Waals surface area contributed by atoms with E-state index in [9.17, 15) is 18.0 Å². The minimum Gasteiger partial charge on any atom is -0.338 e. The minimum absolute atomic E-state index is 0.129. The third-order valence-electron chi connectivity index (χ3n) is 5.48. The first kappa shape index (κ1) is 19.8. The zero-order valence-corrected chi connectivity index (χ0v) is 17.1. The predicted molar refractivity (Wildman–Crippen MR) is 107 cm³/mol. The van der Waals surface area contributed by atoms with Crippen molar-refractivity contribution < 1.29 is 13.2 Å². The third-order valence-corrected chi connectivity index (χ3v) is 7.39. The molecule has 29 heavy (non-hydrogen) atoms. The third kappa shape index (κ3) is 3.97. The molecule has 1 aromatic carbocycles. The minimum atomic E-state index is -3.47. The standard InChI is InChI=1S/C20H24N4O4S/c1-15-4-9-19(25)24(21-15)14-16-12-22(13-16)20(26)17-5-7-18(8-6-17)29(27,28)23-10-2-3-11-23/h4-9,16H,2-3,10-14H2,1H3. The lowest BCUT2D eigenvalue weighted by atomic mass is 9.99. The van der Waals surface area contributed by atoms with Crippen molar-refractivity contribution in [2.75, 3.05) is 26.2 Å². The van der Waals surface area contributed by atoms with Crippen molar-refractivity contribution in [1.82, 2.24) is 19.0 Å². The molecular formula is C20H24N4O4S. The van der Waals surface area contributed by atoms with Crippen molar-refractivity contribution in [3.8, 4) is 0 Å². The molecule has 0 spiro atoms. The van der Waals surface area contributed by atoms with Crippen LogP contribution >= 0.6 is 0 Å². The highest BCUT2D eigenvalue weighted by Crippen LogP contribution is 2.23. The van der Waals surface area contributed by atoms with Crippen LogP contribution in [-0.2, 0) is 16.6 Å². The number of nitrogens with zero attached hydrogens (tertiary/aromatic N) is 4. The van der Waals surface area contributed by atoms with Gasteiger partial charge >= 0.3 is 0 Å². The summed E-state index contributed by atoms with van der Waals surface area (Å²) >= 11 is 0. The van der Waals surface area contributed by atoms with Crippen LogP contribution < -0.4 is 5.56 Å². The van der Waals surface area contributed by atoms with Crippen molar-refractivity contribution in [1.29, 1.82) is 0 Å². The lowest BCUT2D eigenvalue weighted by molar-refractivity contribution is 0.0458. The second kappa shape index (κ2) is 7.72. The molecule has 1 aromatic heterocycles. The first-order valence-electron chi connectivity index (χ1n) is 9.79. The number of benzene rings is 1. The van der Waals surface area contributed by atoms with E-state index in [1.165, 1.54) is 27.2 Å². The molecule has 0 N–H and O–H groups in total. The molecule has 0 radical (unpaired) electrons. The van der Waals surface area contributed by atoms with Gasteiger partial charge in [0.05, 0.1) is 17.1 Å². The number of likely N-dealkylation sites (tertiary alicyclic amines) is 1. The normalized spacial score (nSPS) is 18.0. The van der Waals surface area contributed by atoms with Crippen LogP contribution in [0.4, 0.5) is 0 Å². The van der Waals surface area contributed by atoms with Gasteiger partial charge in [0.2, 0.25) is 10.0 Å². The van der Waals surface area contributed by atoms with Crippen LogP contribution in [0.2, 0.25) is 0 Å². The lowest BCUT2D eigenvalue weighted by Gasteiger charge is -2.39. The second-order valence-electron chi connectivity index (χ2n) is 7.71. The summed E-state index contributed by atoms with van der Waals surface area (Å²) < 4.78 is 28.1. The van der Waals surface area contributed by atoms with Crippen molar-refractivity contribution in [3.05, 3.63) is 58.0 Å². The second-order valence-corrected chi connectivity index (χ2v) is 9.64. The summed E-state index contributed by atoms with van der Waals surface area (Å²) in [7, 11) is -3.47. The number of sulfonamides is 1. The van der Waals surface area contributed by atoms with Crippen LogP contribution in [-0.4, -0.2) is 59.5 Å². The van der Waals surface area contributed by atoms with Gasteiger partial charge in [-0.1, -0.05) is 0 Å². The average molecular weight is 417 g/mol. The van der Waals surface area contributed by atoms with Gasteiger partial charge in [0.1, 0.15) is 0 Å². The predicted octanol–water partition coefficient (Wildman–Crippen LogP) is 1.11. The summed E-state index contributed by atoms with van der Waals surface area (Å²) in [5.74, 6) is 0.0525. The fraction of sp³-hybridized carbons (Fsp3) is 0.450. The SMILES string of the molecule is Cc1ccc(=O)n(CC2CN(C(=O)c3ccc(S(=O)(=O)N4CCCC4)cc3)C2)n1. The van der Waals surface area contributed by atoms with Crippen LogP contribution in [0.1, 0.15) is 28.9 Å². The topological polar surface area (TPSA) is 92.6 Å². The quantitative estimate of drug-likeness (QED) is 0.728. The van der Waals surface area contributed by atoms with E-state index in [0.717, 1.165) is 18.5 Å². The number of hydrogen-bond donors (Lipinski definition) is 0. The summed E-state index contributed by atoms with van der Waals surface area (Å²) in [6, 6.07) is 9.35. The summed E-state index contributed by atoms with van der Waals surface area (Å²) in [6.45, 7) is 4.52. The van der Waals surface area contributed by atoms with Crippen molar-refractivity contribution in [3.63, 3.8) is 0 Å². The molecule has 154 valence electrons. The Labute approximate surface area is 169 Å². The van der Waals surface area contributed by atoms with E-state index in [4.69, 9.17) is 0 Å². The Kier molecular flexibility index (Phi) is 5.26. The molecule has 4 rings (SSSR count). The molecule has 0 unspecified atom stereocenters. The highest BCUT2D eigenvalue weighted by molar-refractivity contribution is 7.89. The first-order chi connectivity index (χ1) is 13.8. The van der Waals surface area contributed by atoms with E-state index < -0.39 is 10.0 Å². The lowest BCUT2D eigenvalue weighted by Crippen LogP contribution is -2.52. The summed E-state index contributed by atoms with van der Waals surface area (Å²) in [5.41, 5.74) is 1.10. The monoisotopic (exact) mass is 416 g/mol. The highest BCUT2D eigenvalue weighted by atomic mass is 32.2. The molecule has 2 aliphatic rings. The van der Waals surface area contributed by atoms with Crippen LogP contribution in [0.3, 0.4) is 0 Å². The molecule has 8 nitrogen and oxygen atoms in total. The number of carbonyl (C=O) groups is 1. The molecule has 0 aliphatic carbocycles. The van der Waals surface area contributed by atoms with Gasteiger partial charge < -0.3 is 4.90 Å². The van der Waals surface area contributed by atoms with E-state index in [2.05, 4.69) is 5.10 Å². The number of hydrogen-bond acceptors (Lipinski definition) is 5. The Balaban J connectivity index is 1.37. The Hall–Kier alpha value is -2.52. The molecule has 0 saturated carbocycles. The smallest absolute Gasteiger partial charge is 0.266 e. The zero-order valence-electron chi connectivity index (χ0n) is 16.3. The highest BCUT2D eigenvalue weighted by Gasteiger charge is 2.32. The Morgan fingerprint density at radius 2 is 1.72 bits per heavy atom. The van der Waals surface area contributed by atoms with Crippen molar-refractivity contribution >= 4 is 15.9 Å². The number of rotatable bonds is 5. The van der Waals surface area contributed by atoms with Crippen LogP contribution in [0, 0.1) is 12.8 Å². The molecule has 3 heterocycles. The van der Waals surface area contributed by atoms with E-state index in [1.807, 2.05) is 6.92 Å². The Morgan fingerprint density at radius 3 is 2.38 bits per heavy atom. The van der Waals surface area contributed by atoms with Crippen molar-refractivity contribution in [2.45, 2.75) is 31.2 Å². The zero-order chi connectivity index (χ0) is 20.6. The van der Waals surface area contributed by atoms with Crippen molar-refractivity contribution in [2.24, 2.45) is 5.92 Å². The molecule has 2 fully saturated rings. The van der Waals surface area contributed by atoms with Gasteiger partial charge in [0.25, 0.3) is 11.5 Å². The van der Waals surface area contributed by atoms with Gasteiger partial charge in [0, 0.05) is 43.7 Å². The van der Waals surface area contributed by atoms with Gasteiger partial charge in [-0.2, -0.15) is 9.40 Å². The summed E-state index contributed by atoms with van der Waals surface area (Å²) in [4.78, 5) is 26.4. The molecule has 2 aromatic rings. The summed E-state index contributed by atoms with van der Waals surface area (Å²) in [6.07, 6.45) is 1.77. The van der Waals surface area contributed by atoms with Gasteiger partial charge in [0.15, 0.2) is 0 Å². The molecule has 9 heteroatoms. The first-order valence-corrected chi connectivity index (χ1v) is 11.2. The number of aromatic nitrogens is 2. The van der Waals surface area contributed by atoms with E-state index in [-0.39, 0.29) is 22.3 Å². The van der Waals surface area contributed by atoms with E-state index >= 15 is 0 Å². The molecular weight excluding hydrogens is 392 g/mol. The van der Waals surface area contributed by atoms with Crippen LogP contribution in [0.5, 0.6) is 0 Å². The van der Waals surface area contributed by atoms with E-state index in [1.54, 1.807) is 23.1 Å². The maximum absolute atomic E-state index is 12.6. The molecule has 0 bridgehead atoms. The number of carbonyl (C=O) groups excluding carboxylic acids is 1. The van der Waals surface area contributed by atoms with Crippen LogP contribution in [0.15, 0.2) is 46.1 Å². The maximum Gasteiger partial charge on any atom is 0.266 e. The largest absolute Gasteiger partial charge is 0.338 e. The molecule has 2 saturated heterocycles. The van der Waals surface area contributed by atoms with Gasteiger partial charge in [-0.3, -0.25) is 9.59 Å². The van der Waals surface area contributed by atoms with Gasteiger partial charge in [-0.15, -0.1) is 0 Å². The van der Waals surface area contributed by atoms with Gasteiger partial charge in [-0.05, 0) is 50.1 Å². The molecule has 2 aliphatic heterocycles. The Morgan fingerprint density at radius 1 is 1.07 bits per heavy atom.